The van der Waals surface area contributed by atoms with E-state index in [1.165, 1.54) is 0 Å². The summed E-state index contributed by atoms with van der Waals surface area (Å²) in [5, 5.41) is 12.2. The maximum atomic E-state index is 12.0. The molecule has 0 unspecified atom stereocenters. The lowest BCUT2D eigenvalue weighted by Gasteiger charge is -2.22. The summed E-state index contributed by atoms with van der Waals surface area (Å²) >= 11 is 0. The SMILES string of the molecule is COc1cccc(CNC(=O)CC2(C(=O)O)CCCC2)c1. The van der Waals surface area contributed by atoms with Gasteiger partial charge in [0.2, 0.25) is 5.91 Å². The normalized spacial score (nSPS) is 16.4. The summed E-state index contributed by atoms with van der Waals surface area (Å²) in [5.41, 5.74) is 0.0665. The van der Waals surface area contributed by atoms with Crippen LogP contribution in [0, 0.1) is 5.41 Å². The number of methoxy groups -OCH3 is 1. The molecule has 1 fully saturated rings. The largest absolute Gasteiger partial charge is 0.497 e. The van der Waals surface area contributed by atoms with Crippen LogP contribution in [0.25, 0.3) is 0 Å². The number of carbonyl (C=O) groups is 2. The molecule has 1 aromatic rings. The van der Waals surface area contributed by atoms with E-state index in [1.54, 1.807) is 7.11 Å². The Kier molecular flexibility index (Phi) is 4.83. The van der Waals surface area contributed by atoms with Gasteiger partial charge < -0.3 is 15.2 Å². The summed E-state index contributed by atoms with van der Waals surface area (Å²) in [6.07, 6.45) is 3.01. The maximum Gasteiger partial charge on any atom is 0.310 e. The monoisotopic (exact) mass is 291 g/mol. The molecule has 1 aliphatic rings. The molecule has 1 amide bonds. The number of rotatable bonds is 6. The van der Waals surface area contributed by atoms with Gasteiger partial charge >= 0.3 is 5.97 Å². The molecule has 0 atom stereocenters. The zero-order chi connectivity index (χ0) is 15.3. The molecule has 1 aliphatic carbocycles. The number of hydrogen-bond acceptors (Lipinski definition) is 3. The average Bonchev–Trinajstić information content (AvgIpc) is 2.95. The summed E-state index contributed by atoms with van der Waals surface area (Å²) < 4.78 is 5.13. The van der Waals surface area contributed by atoms with Gasteiger partial charge in [-0.1, -0.05) is 25.0 Å². The zero-order valence-corrected chi connectivity index (χ0v) is 12.2. The molecule has 0 radical (unpaired) electrons. The molecule has 0 saturated heterocycles. The van der Waals surface area contributed by atoms with Gasteiger partial charge in [-0.05, 0) is 30.5 Å². The standard InChI is InChI=1S/C16H21NO4/c1-21-13-6-4-5-12(9-13)11-17-14(18)10-16(15(19)20)7-2-3-8-16/h4-6,9H,2-3,7-8,10-11H2,1H3,(H,17,18)(H,19,20). The first-order valence-corrected chi connectivity index (χ1v) is 7.19. The van der Waals surface area contributed by atoms with Crippen molar-refractivity contribution in [3.8, 4) is 5.75 Å². The fourth-order valence-electron chi connectivity index (χ4n) is 2.87. The number of ether oxygens (including phenoxy) is 1. The van der Waals surface area contributed by atoms with Crippen LogP contribution in [-0.2, 0) is 16.1 Å². The topological polar surface area (TPSA) is 75.6 Å². The van der Waals surface area contributed by atoms with Gasteiger partial charge in [-0.15, -0.1) is 0 Å². The minimum absolute atomic E-state index is 0.0618. The molecule has 2 rings (SSSR count). The van der Waals surface area contributed by atoms with Crippen LogP contribution in [0.3, 0.4) is 0 Å². The Hall–Kier alpha value is -2.04. The third kappa shape index (κ3) is 3.74. The second-order valence-electron chi connectivity index (χ2n) is 5.60. The van der Waals surface area contributed by atoms with Crippen molar-refractivity contribution < 1.29 is 19.4 Å². The number of amides is 1. The number of aliphatic carboxylic acids is 1. The van der Waals surface area contributed by atoms with E-state index < -0.39 is 11.4 Å². The number of carbonyl (C=O) groups excluding carboxylic acids is 1. The van der Waals surface area contributed by atoms with E-state index >= 15 is 0 Å². The molecular weight excluding hydrogens is 270 g/mol. The van der Waals surface area contributed by atoms with Gasteiger partial charge in [0, 0.05) is 13.0 Å². The number of benzene rings is 1. The van der Waals surface area contributed by atoms with Gasteiger partial charge in [0.1, 0.15) is 5.75 Å². The molecule has 1 saturated carbocycles. The van der Waals surface area contributed by atoms with Crippen LogP contribution in [0.4, 0.5) is 0 Å². The number of carboxylic acids is 1. The summed E-state index contributed by atoms with van der Waals surface area (Å²) in [4.78, 5) is 23.5. The van der Waals surface area contributed by atoms with E-state index in [2.05, 4.69) is 5.32 Å². The Morgan fingerprint density at radius 2 is 2.05 bits per heavy atom. The van der Waals surface area contributed by atoms with Gasteiger partial charge in [-0.3, -0.25) is 9.59 Å². The van der Waals surface area contributed by atoms with Crippen molar-refractivity contribution in [2.24, 2.45) is 5.41 Å². The molecule has 114 valence electrons. The van der Waals surface area contributed by atoms with Crippen LogP contribution in [0.1, 0.15) is 37.7 Å². The van der Waals surface area contributed by atoms with E-state index in [0.29, 0.717) is 19.4 Å². The predicted octanol–water partition coefficient (Wildman–Crippen LogP) is 2.35. The van der Waals surface area contributed by atoms with E-state index in [9.17, 15) is 14.7 Å². The van der Waals surface area contributed by atoms with Crippen molar-refractivity contribution in [2.45, 2.75) is 38.6 Å². The van der Waals surface area contributed by atoms with Gasteiger partial charge in [-0.25, -0.2) is 0 Å². The fourth-order valence-corrected chi connectivity index (χ4v) is 2.87. The lowest BCUT2D eigenvalue weighted by Crippen LogP contribution is -2.35. The number of carboxylic acid groups (broad SMARTS) is 1. The Morgan fingerprint density at radius 3 is 2.67 bits per heavy atom. The van der Waals surface area contributed by atoms with Crippen LogP contribution in [0.5, 0.6) is 5.75 Å². The van der Waals surface area contributed by atoms with Crippen LogP contribution >= 0.6 is 0 Å². The quantitative estimate of drug-likeness (QED) is 0.843. The summed E-state index contributed by atoms with van der Waals surface area (Å²) in [6.45, 7) is 0.381. The zero-order valence-electron chi connectivity index (χ0n) is 12.2. The molecule has 21 heavy (non-hydrogen) atoms. The summed E-state index contributed by atoms with van der Waals surface area (Å²) in [7, 11) is 1.59. The highest BCUT2D eigenvalue weighted by Crippen LogP contribution is 2.41. The third-order valence-electron chi connectivity index (χ3n) is 4.14. The molecule has 0 aromatic heterocycles. The van der Waals surface area contributed by atoms with Gasteiger partial charge in [-0.2, -0.15) is 0 Å². The molecular formula is C16H21NO4. The van der Waals surface area contributed by atoms with Crippen molar-refractivity contribution in [3.63, 3.8) is 0 Å². The summed E-state index contributed by atoms with van der Waals surface area (Å²) in [6, 6.07) is 7.44. The van der Waals surface area contributed by atoms with Crippen molar-refractivity contribution in [3.05, 3.63) is 29.8 Å². The van der Waals surface area contributed by atoms with Crippen LogP contribution in [0.2, 0.25) is 0 Å². The molecule has 0 spiro atoms. The van der Waals surface area contributed by atoms with Crippen molar-refractivity contribution in [1.29, 1.82) is 0 Å². The van der Waals surface area contributed by atoms with Crippen LogP contribution in [-0.4, -0.2) is 24.1 Å². The van der Waals surface area contributed by atoms with Gasteiger partial charge in [0.05, 0.1) is 12.5 Å². The Bertz CT molecular complexity index is 521. The minimum Gasteiger partial charge on any atom is -0.497 e. The first-order valence-electron chi connectivity index (χ1n) is 7.19. The van der Waals surface area contributed by atoms with Gasteiger partial charge in [0.15, 0.2) is 0 Å². The maximum absolute atomic E-state index is 12.0. The molecule has 1 aromatic carbocycles. The molecule has 0 bridgehead atoms. The molecule has 0 heterocycles. The minimum atomic E-state index is -0.863. The smallest absolute Gasteiger partial charge is 0.310 e. The fraction of sp³-hybridized carbons (Fsp3) is 0.500. The highest BCUT2D eigenvalue weighted by molar-refractivity contribution is 5.85. The first kappa shape index (κ1) is 15.4. The van der Waals surface area contributed by atoms with Gasteiger partial charge in [0.25, 0.3) is 0 Å². The lowest BCUT2D eigenvalue weighted by atomic mass is 9.82. The second-order valence-corrected chi connectivity index (χ2v) is 5.60. The Morgan fingerprint density at radius 1 is 1.33 bits per heavy atom. The predicted molar refractivity (Wildman–Crippen MR) is 78.0 cm³/mol. The van der Waals surface area contributed by atoms with Crippen molar-refractivity contribution >= 4 is 11.9 Å². The molecule has 2 N–H and O–H groups in total. The molecule has 5 heteroatoms. The number of hydrogen-bond donors (Lipinski definition) is 2. The second kappa shape index (κ2) is 6.61. The van der Waals surface area contributed by atoms with E-state index in [1.807, 2.05) is 24.3 Å². The molecule has 5 nitrogen and oxygen atoms in total. The Labute approximate surface area is 124 Å². The van der Waals surface area contributed by atoms with Crippen molar-refractivity contribution in [2.75, 3.05) is 7.11 Å². The Balaban J connectivity index is 1.91. The lowest BCUT2D eigenvalue weighted by molar-refractivity contribution is -0.151. The average molecular weight is 291 g/mol. The first-order chi connectivity index (χ1) is 10.1. The van der Waals surface area contributed by atoms with Crippen molar-refractivity contribution in [1.82, 2.24) is 5.32 Å². The van der Waals surface area contributed by atoms with E-state index in [0.717, 1.165) is 24.2 Å². The molecule has 0 aliphatic heterocycles. The van der Waals surface area contributed by atoms with E-state index in [4.69, 9.17) is 4.74 Å². The van der Waals surface area contributed by atoms with E-state index in [-0.39, 0.29) is 12.3 Å². The van der Waals surface area contributed by atoms with Crippen LogP contribution < -0.4 is 10.1 Å². The van der Waals surface area contributed by atoms with Crippen LogP contribution in [0.15, 0.2) is 24.3 Å². The third-order valence-corrected chi connectivity index (χ3v) is 4.14. The highest BCUT2D eigenvalue weighted by Gasteiger charge is 2.42. The number of nitrogens with one attached hydrogen (secondary N) is 1. The summed E-state index contributed by atoms with van der Waals surface area (Å²) in [5.74, 6) is -0.321. The highest BCUT2D eigenvalue weighted by atomic mass is 16.5.